The number of fused-ring (bicyclic) bond motifs is 1. The molecule has 116 valence electrons. The van der Waals surface area contributed by atoms with Gasteiger partial charge < -0.3 is 4.90 Å². The summed E-state index contributed by atoms with van der Waals surface area (Å²) >= 11 is 3.47. The summed E-state index contributed by atoms with van der Waals surface area (Å²) in [6.45, 7) is 6.88. The van der Waals surface area contributed by atoms with E-state index in [1.807, 2.05) is 6.07 Å². The predicted molar refractivity (Wildman–Crippen MR) is 92.3 cm³/mol. The molecule has 4 heteroatoms. The van der Waals surface area contributed by atoms with Gasteiger partial charge in [0.2, 0.25) is 0 Å². The van der Waals surface area contributed by atoms with Gasteiger partial charge in [-0.1, -0.05) is 34.1 Å². The second kappa shape index (κ2) is 6.39. The van der Waals surface area contributed by atoms with Crippen molar-refractivity contribution in [1.29, 1.82) is 0 Å². The largest absolute Gasteiger partial charge is 0.356 e. The van der Waals surface area contributed by atoms with Crippen LogP contribution in [0.15, 0.2) is 46.9 Å². The Morgan fingerprint density at radius 2 is 1.86 bits per heavy atom. The highest BCUT2D eigenvalue weighted by Crippen LogP contribution is 2.30. The normalized spacial score (nSPS) is 15.2. The van der Waals surface area contributed by atoms with Crippen LogP contribution >= 0.6 is 15.9 Å². The van der Waals surface area contributed by atoms with Crippen molar-refractivity contribution in [1.82, 2.24) is 4.90 Å². The second-order valence-corrected chi connectivity index (χ2v) is 7.01. The Balaban J connectivity index is 1.84. The Morgan fingerprint density at radius 3 is 2.55 bits per heavy atom. The summed E-state index contributed by atoms with van der Waals surface area (Å²) in [4.78, 5) is 4.66. The van der Waals surface area contributed by atoms with Gasteiger partial charge in [0.1, 0.15) is 5.82 Å². The average Bonchev–Trinajstić information content (AvgIpc) is 2.49. The van der Waals surface area contributed by atoms with E-state index in [-0.39, 0.29) is 5.82 Å². The summed E-state index contributed by atoms with van der Waals surface area (Å²) < 4.78 is 14.7. The van der Waals surface area contributed by atoms with Crippen LogP contribution in [0.4, 0.5) is 10.1 Å². The van der Waals surface area contributed by atoms with Crippen molar-refractivity contribution < 1.29 is 4.39 Å². The Labute approximate surface area is 139 Å². The van der Waals surface area contributed by atoms with Crippen LogP contribution in [-0.4, -0.2) is 17.6 Å². The number of anilines is 1. The molecule has 1 aliphatic rings. The molecule has 2 aromatic rings. The standard InChI is InChI=1S/C18H20BrFN2/c1-13(2)22-12-21(10-14-3-6-16(19)7-4-14)11-15-5-8-17(20)9-18(15)22/h3-9,13H,10-12H2,1-2H3. The van der Waals surface area contributed by atoms with E-state index >= 15 is 0 Å². The first-order valence-corrected chi connectivity index (χ1v) is 8.34. The number of benzene rings is 2. The number of rotatable bonds is 3. The maximum atomic E-state index is 13.6. The summed E-state index contributed by atoms with van der Waals surface area (Å²) in [6.07, 6.45) is 0. The lowest BCUT2D eigenvalue weighted by atomic mass is 10.1. The van der Waals surface area contributed by atoms with Crippen molar-refractivity contribution in [2.24, 2.45) is 0 Å². The average molecular weight is 363 g/mol. The monoisotopic (exact) mass is 362 g/mol. The fourth-order valence-electron chi connectivity index (χ4n) is 2.92. The van der Waals surface area contributed by atoms with E-state index in [4.69, 9.17) is 0 Å². The number of nitrogens with zero attached hydrogens (tertiary/aromatic N) is 2. The highest BCUT2D eigenvalue weighted by molar-refractivity contribution is 9.10. The van der Waals surface area contributed by atoms with E-state index in [1.165, 1.54) is 11.1 Å². The summed E-state index contributed by atoms with van der Waals surface area (Å²) in [5.41, 5.74) is 3.51. The molecule has 0 saturated heterocycles. The van der Waals surface area contributed by atoms with Crippen LogP contribution in [0.2, 0.25) is 0 Å². The molecule has 0 fully saturated rings. The van der Waals surface area contributed by atoms with Crippen LogP contribution in [-0.2, 0) is 13.1 Å². The van der Waals surface area contributed by atoms with Crippen molar-refractivity contribution in [2.75, 3.05) is 11.6 Å². The highest BCUT2D eigenvalue weighted by Gasteiger charge is 2.24. The second-order valence-electron chi connectivity index (χ2n) is 6.09. The zero-order valence-corrected chi connectivity index (χ0v) is 14.5. The van der Waals surface area contributed by atoms with Crippen LogP contribution in [0.1, 0.15) is 25.0 Å². The molecule has 22 heavy (non-hydrogen) atoms. The molecule has 0 unspecified atom stereocenters. The van der Waals surface area contributed by atoms with E-state index in [2.05, 4.69) is 63.8 Å². The van der Waals surface area contributed by atoms with Crippen LogP contribution < -0.4 is 4.90 Å². The quantitative estimate of drug-likeness (QED) is 0.775. The number of hydrogen-bond acceptors (Lipinski definition) is 2. The van der Waals surface area contributed by atoms with Crippen LogP contribution in [0.5, 0.6) is 0 Å². The molecule has 0 radical (unpaired) electrons. The van der Waals surface area contributed by atoms with Crippen molar-refractivity contribution in [3.05, 3.63) is 63.9 Å². The van der Waals surface area contributed by atoms with Crippen molar-refractivity contribution in [3.8, 4) is 0 Å². The lowest BCUT2D eigenvalue weighted by Crippen LogP contribution is -2.45. The van der Waals surface area contributed by atoms with Gasteiger partial charge in [-0.3, -0.25) is 4.90 Å². The van der Waals surface area contributed by atoms with Gasteiger partial charge in [0, 0.05) is 29.3 Å². The van der Waals surface area contributed by atoms with Gasteiger partial charge in [0.25, 0.3) is 0 Å². The van der Waals surface area contributed by atoms with Crippen LogP contribution in [0.25, 0.3) is 0 Å². The van der Waals surface area contributed by atoms with E-state index in [1.54, 1.807) is 12.1 Å². The molecule has 3 rings (SSSR count). The van der Waals surface area contributed by atoms with Gasteiger partial charge in [-0.05, 0) is 49.2 Å². The predicted octanol–water partition coefficient (Wildman–Crippen LogP) is 4.78. The first-order chi connectivity index (χ1) is 10.5. The minimum absolute atomic E-state index is 0.161. The van der Waals surface area contributed by atoms with Crippen molar-refractivity contribution in [3.63, 3.8) is 0 Å². The zero-order valence-electron chi connectivity index (χ0n) is 12.9. The Bertz CT molecular complexity index is 655. The molecule has 1 heterocycles. The summed E-state index contributed by atoms with van der Waals surface area (Å²) in [5.74, 6) is -0.161. The third kappa shape index (κ3) is 3.33. The van der Waals surface area contributed by atoms with Crippen LogP contribution in [0, 0.1) is 5.82 Å². The Morgan fingerprint density at radius 1 is 1.14 bits per heavy atom. The summed E-state index contributed by atoms with van der Waals surface area (Å²) in [6, 6.07) is 13.9. The van der Waals surface area contributed by atoms with E-state index < -0.39 is 0 Å². The third-order valence-electron chi connectivity index (χ3n) is 4.05. The first kappa shape index (κ1) is 15.5. The van der Waals surface area contributed by atoms with Gasteiger partial charge >= 0.3 is 0 Å². The number of hydrogen-bond donors (Lipinski definition) is 0. The van der Waals surface area contributed by atoms with Crippen molar-refractivity contribution in [2.45, 2.75) is 33.0 Å². The molecule has 0 N–H and O–H groups in total. The number of halogens is 2. The molecule has 0 aromatic heterocycles. The molecular weight excluding hydrogens is 343 g/mol. The first-order valence-electron chi connectivity index (χ1n) is 7.55. The molecule has 0 bridgehead atoms. The Hall–Kier alpha value is -1.39. The minimum Gasteiger partial charge on any atom is -0.356 e. The SMILES string of the molecule is CC(C)N1CN(Cc2ccc(Br)cc2)Cc2ccc(F)cc21. The topological polar surface area (TPSA) is 6.48 Å². The fourth-order valence-corrected chi connectivity index (χ4v) is 3.18. The maximum absolute atomic E-state index is 13.6. The molecule has 0 amide bonds. The smallest absolute Gasteiger partial charge is 0.125 e. The lowest BCUT2D eigenvalue weighted by Gasteiger charge is -2.41. The third-order valence-corrected chi connectivity index (χ3v) is 4.57. The Kier molecular flexibility index (Phi) is 4.50. The van der Waals surface area contributed by atoms with Crippen LogP contribution in [0.3, 0.4) is 0 Å². The summed E-state index contributed by atoms with van der Waals surface area (Å²) in [5, 5.41) is 0. The molecule has 2 nitrogen and oxygen atoms in total. The fraction of sp³-hybridized carbons (Fsp3) is 0.333. The van der Waals surface area contributed by atoms with E-state index in [0.717, 1.165) is 29.9 Å². The van der Waals surface area contributed by atoms with E-state index in [0.29, 0.717) is 6.04 Å². The molecule has 0 atom stereocenters. The molecule has 0 aliphatic carbocycles. The molecule has 0 spiro atoms. The maximum Gasteiger partial charge on any atom is 0.125 e. The zero-order chi connectivity index (χ0) is 15.7. The van der Waals surface area contributed by atoms with Gasteiger partial charge in [-0.2, -0.15) is 0 Å². The lowest BCUT2D eigenvalue weighted by molar-refractivity contribution is 0.237. The molecule has 2 aromatic carbocycles. The highest BCUT2D eigenvalue weighted by atomic mass is 79.9. The van der Waals surface area contributed by atoms with Gasteiger partial charge in [-0.15, -0.1) is 0 Å². The van der Waals surface area contributed by atoms with E-state index in [9.17, 15) is 4.39 Å². The van der Waals surface area contributed by atoms with Gasteiger partial charge in [0.05, 0.1) is 6.67 Å². The van der Waals surface area contributed by atoms with Gasteiger partial charge in [0.15, 0.2) is 0 Å². The molecular formula is C18H20BrFN2. The van der Waals surface area contributed by atoms with Gasteiger partial charge in [-0.25, -0.2) is 4.39 Å². The molecule has 0 saturated carbocycles. The van der Waals surface area contributed by atoms with Crippen molar-refractivity contribution >= 4 is 21.6 Å². The minimum atomic E-state index is -0.161. The summed E-state index contributed by atoms with van der Waals surface area (Å²) in [7, 11) is 0. The molecule has 1 aliphatic heterocycles.